The highest BCUT2D eigenvalue weighted by atomic mass is 35.5. The van der Waals surface area contributed by atoms with E-state index in [1.807, 2.05) is 0 Å². The van der Waals surface area contributed by atoms with Crippen LogP contribution in [0, 0.1) is 12.3 Å². The van der Waals surface area contributed by atoms with Gasteiger partial charge in [0.15, 0.2) is 0 Å². The number of hydrogen-bond donors (Lipinski definition) is 1. The van der Waals surface area contributed by atoms with Crippen molar-refractivity contribution in [2.75, 3.05) is 12.4 Å². The first-order chi connectivity index (χ1) is 7.53. The molecule has 0 heterocycles. The van der Waals surface area contributed by atoms with Crippen molar-refractivity contribution >= 4 is 11.6 Å². The minimum atomic E-state index is 0.283. The van der Waals surface area contributed by atoms with Crippen LogP contribution in [0.25, 0.3) is 0 Å². The number of rotatable bonds is 6. The number of aryl methyl sites for hydroxylation is 1. The molecule has 90 valence electrons. The molecule has 0 saturated carbocycles. The number of nitrogens with one attached hydrogen (secondary N) is 1. The zero-order chi connectivity index (χ0) is 12.0. The molecule has 1 aromatic carbocycles. The second kappa shape index (κ2) is 6.27. The van der Waals surface area contributed by atoms with Crippen molar-refractivity contribution in [3.8, 4) is 0 Å². The van der Waals surface area contributed by atoms with Crippen LogP contribution in [0.4, 0.5) is 0 Å². The third-order valence-corrected chi connectivity index (χ3v) is 2.98. The average molecular weight is 240 g/mol. The summed E-state index contributed by atoms with van der Waals surface area (Å²) >= 11 is 5.77. The van der Waals surface area contributed by atoms with E-state index in [2.05, 4.69) is 50.4 Å². The Morgan fingerprint density at radius 1 is 1.31 bits per heavy atom. The molecular formula is C14H22ClN. The largest absolute Gasteiger partial charge is 0.312 e. The molecule has 0 aliphatic carbocycles. The maximum Gasteiger partial charge on any atom is 0.0229 e. The number of benzene rings is 1. The summed E-state index contributed by atoms with van der Waals surface area (Å²) in [6.45, 7) is 8.57. The normalized spacial score (nSPS) is 11.8. The molecule has 1 rings (SSSR count). The van der Waals surface area contributed by atoms with Gasteiger partial charge in [-0.05, 0) is 24.3 Å². The van der Waals surface area contributed by atoms with Gasteiger partial charge in [-0.1, -0.05) is 43.7 Å². The van der Waals surface area contributed by atoms with Gasteiger partial charge in [-0.2, -0.15) is 0 Å². The van der Waals surface area contributed by atoms with Crippen molar-refractivity contribution in [2.45, 2.75) is 33.7 Å². The average Bonchev–Trinajstić information content (AvgIpc) is 2.17. The van der Waals surface area contributed by atoms with Gasteiger partial charge in [0.1, 0.15) is 0 Å². The maximum atomic E-state index is 5.77. The molecule has 0 bridgehead atoms. The van der Waals surface area contributed by atoms with Crippen molar-refractivity contribution < 1.29 is 0 Å². The lowest BCUT2D eigenvalue weighted by Crippen LogP contribution is -2.29. The third kappa shape index (κ3) is 5.00. The van der Waals surface area contributed by atoms with Crippen LogP contribution in [0.3, 0.4) is 0 Å². The monoisotopic (exact) mass is 239 g/mol. The summed E-state index contributed by atoms with van der Waals surface area (Å²) in [6, 6.07) is 8.62. The highest BCUT2D eigenvalue weighted by Gasteiger charge is 2.15. The smallest absolute Gasteiger partial charge is 0.0229 e. The van der Waals surface area contributed by atoms with Gasteiger partial charge in [0, 0.05) is 19.0 Å². The predicted molar refractivity (Wildman–Crippen MR) is 72.0 cm³/mol. The van der Waals surface area contributed by atoms with E-state index >= 15 is 0 Å². The van der Waals surface area contributed by atoms with Crippen LogP contribution < -0.4 is 5.32 Å². The SMILES string of the molecule is Cc1cccc(CNCC(C)(C)CCCl)c1. The highest BCUT2D eigenvalue weighted by molar-refractivity contribution is 6.17. The second-order valence-electron chi connectivity index (χ2n) is 5.20. The zero-order valence-corrected chi connectivity index (χ0v) is 11.3. The first kappa shape index (κ1) is 13.5. The van der Waals surface area contributed by atoms with Gasteiger partial charge in [0.25, 0.3) is 0 Å². The first-order valence-electron chi connectivity index (χ1n) is 5.86. The van der Waals surface area contributed by atoms with Crippen LogP contribution in [-0.2, 0) is 6.54 Å². The van der Waals surface area contributed by atoms with Crippen molar-refractivity contribution in [3.05, 3.63) is 35.4 Å². The molecular weight excluding hydrogens is 218 g/mol. The molecule has 0 fully saturated rings. The van der Waals surface area contributed by atoms with Crippen LogP contribution in [0.15, 0.2) is 24.3 Å². The summed E-state index contributed by atoms with van der Waals surface area (Å²) in [6.07, 6.45) is 1.05. The number of hydrogen-bond acceptors (Lipinski definition) is 1. The van der Waals surface area contributed by atoms with E-state index in [9.17, 15) is 0 Å². The Morgan fingerprint density at radius 2 is 2.06 bits per heavy atom. The molecule has 0 radical (unpaired) electrons. The fourth-order valence-electron chi connectivity index (χ4n) is 1.71. The van der Waals surface area contributed by atoms with Crippen LogP contribution in [0.5, 0.6) is 0 Å². The van der Waals surface area contributed by atoms with E-state index in [-0.39, 0.29) is 5.41 Å². The lowest BCUT2D eigenvalue weighted by atomic mass is 9.90. The van der Waals surface area contributed by atoms with Gasteiger partial charge in [-0.3, -0.25) is 0 Å². The maximum absolute atomic E-state index is 5.77. The molecule has 1 aromatic rings. The van der Waals surface area contributed by atoms with E-state index in [0.29, 0.717) is 0 Å². The van der Waals surface area contributed by atoms with Crippen molar-refractivity contribution in [1.29, 1.82) is 0 Å². The Hall–Kier alpha value is -0.530. The molecule has 16 heavy (non-hydrogen) atoms. The Bertz CT molecular complexity index is 320. The zero-order valence-electron chi connectivity index (χ0n) is 10.5. The third-order valence-electron chi connectivity index (χ3n) is 2.79. The van der Waals surface area contributed by atoms with Crippen molar-refractivity contribution in [2.24, 2.45) is 5.41 Å². The molecule has 1 N–H and O–H groups in total. The fraction of sp³-hybridized carbons (Fsp3) is 0.571. The van der Waals surface area contributed by atoms with Gasteiger partial charge in [0.2, 0.25) is 0 Å². The Balaban J connectivity index is 2.35. The molecule has 0 amide bonds. The van der Waals surface area contributed by atoms with Crippen molar-refractivity contribution in [1.82, 2.24) is 5.32 Å². The summed E-state index contributed by atoms with van der Waals surface area (Å²) in [4.78, 5) is 0. The van der Waals surface area contributed by atoms with Gasteiger partial charge in [-0.15, -0.1) is 11.6 Å². The lowest BCUT2D eigenvalue weighted by Gasteiger charge is -2.24. The summed E-state index contributed by atoms with van der Waals surface area (Å²) in [5.74, 6) is 0.735. The minimum absolute atomic E-state index is 0.283. The Kier molecular flexibility index (Phi) is 5.30. The molecule has 0 aliphatic heterocycles. The van der Waals surface area contributed by atoms with Crippen LogP contribution in [-0.4, -0.2) is 12.4 Å². The number of alkyl halides is 1. The van der Waals surface area contributed by atoms with E-state index in [1.165, 1.54) is 11.1 Å². The quantitative estimate of drug-likeness (QED) is 0.746. The summed E-state index contributed by atoms with van der Waals surface area (Å²) in [7, 11) is 0. The fourth-order valence-corrected chi connectivity index (χ4v) is 2.22. The van der Waals surface area contributed by atoms with Gasteiger partial charge >= 0.3 is 0 Å². The van der Waals surface area contributed by atoms with E-state index in [0.717, 1.165) is 25.4 Å². The lowest BCUT2D eigenvalue weighted by molar-refractivity contribution is 0.329. The molecule has 2 heteroatoms. The predicted octanol–water partition coefficient (Wildman–Crippen LogP) is 3.74. The van der Waals surface area contributed by atoms with Gasteiger partial charge in [0.05, 0.1) is 0 Å². The summed E-state index contributed by atoms with van der Waals surface area (Å²) in [5.41, 5.74) is 2.95. The first-order valence-corrected chi connectivity index (χ1v) is 6.39. The highest BCUT2D eigenvalue weighted by Crippen LogP contribution is 2.19. The Labute approximate surface area is 104 Å². The molecule has 0 spiro atoms. The van der Waals surface area contributed by atoms with E-state index in [4.69, 9.17) is 11.6 Å². The van der Waals surface area contributed by atoms with Crippen LogP contribution in [0.1, 0.15) is 31.4 Å². The molecule has 0 unspecified atom stereocenters. The van der Waals surface area contributed by atoms with Crippen LogP contribution in [0.2, 0.25) is 0 Å². The molecule has 0 atom stereocenters. The Morgan fingerprint density at radius 3 is 2.69 bits per heavy atom. The van der Waals surface area contributed by atoms with Gasteiger partial charge < -0.3 is 5.32 Å². The number of halogens is 1. The second-order valence-corrected chi connectivity index (χ2v) is 5.57. The molecule has 0 saturated heterocycles. The summed E-state index contributed by atoms with van der Waals surface area (Å²) in [5, 5.41) is 3.50. The van der Waals surface area contributed by atoms with E-state index in [1.54, 1.807) is 0 Å². The minimum Gasteiger partial charge on any atom is -0.312 e. The summed E-state index contributed by atoms with van der Waals surface area (Å²) < 4.78 is 0. The topological polar surface area (TPSA) is 12.0 Å². The molecule has 0 aromatic heterocycles. The molecule has 1 nitrogen and oxygen atoms in total. The van der Waals surface area contributed by atoms with Gasteiger partial charge in [-0.25, -0.2) is 0 Å². The standard InChI is InChI=1S/C14H22ClN/c1-12-5-4-6-13(9-12)10-16-11-14(2,3)7-8-15/h4-6,9,16H,7-8,10-11H2,1-3H3. The van der Waals surface area contributed by atoms with Crippen molar-refractivity contribution in [3.63, 3.8) is 0 Å². The molecule has 0 aliphatic rings. The van der Waals surface area contributed by atoms with E-state index < -0.39 is 0 Å². The van der Waals surface area contributed by atoms with Crippen LogP contribution >= 0.6 is 11.6 Å².